The van der Waals surface area contributed by atoms with Gasteiger partial charge in [0.25, 0.3) is 0 Å². The van der Waals surface area contributed by atoms with E-state index in [0.29, 0.717) is 0 Å². The smallest absolute Gasteiger partial charge is 0.0197 e. The molecular formula is C14H26N2. The highest BCUT2D eigenvalue weighted by atomic mass is 15.2. The van der Waals surface area contributed by atoms with E-state index < -0.39 is 0 Å². The summed E-state index contributed by atoms with van der Waals surface area (Å²) in [6.07, 6.45) is 11.7. The van der Waals surface area contributed by atoms with Crippen LogP contribution >= 0.6 is 0 Å². The predicted molar refractivity (Wildman–Crippen MR) is 67.6 cm³/mol. The quantitative estimate of drug-likeness (QED) is 0.772. The number of nitrogens with one attached hydrogen (secondary N) is 1. The summed E-state index contributed by atoms with van der Waals surface area (Å²) in [5, 5.41) is 3.94. The molecular weight excluding hydrogens is 196 g/mol. The lowest BCUT2D eigenvalue weighted by Crippen LogP contribution is -2.52. The van der Waals surface area contributed by atoms with Crippen LogP contribution in [0, 0.1) is 5.92 Å². The highest BCUT2D eigenvalue weighted by molar-refractivity contribution is 4.90. The van der Waals surface area contributed by atoms with Gasteiger partial charge >= 0.3 is 0 Å². The molecule has 3 atom stereocenters. The Labute approximate surface area is 99.8 Å². The zero-order chi connectivity index (χ0) is 10.8. The number of nitrogens with zero attached hydrogens (tertiary/aromatic N) is 1. The van der Waals surface area contributed by atoms with Gasteiger partial charge in [0.1, 0.15) is 0 Å². The molecule has 3 fully saturated rings. The van der Waals surface area contributed by atoms with Crippen LogP contribution in [0.3, 0.4) is 0 Å². The first-order valence-corrected chi connectivity index (χ1v) is 7.40. The third kappa shape index (κ3) is 2.43. The minimum absolute atomic E-state index is 0.803. The van der Waals surface area contributed by atoms with Gasteiger partial charge in [0.15, 0.2) is 0 Å². The first-order valence-electron chi connectivity index (χ1n) is 7.40. The van der Waals surface area contributed by atoms with Gasteiger partial charge < -0.3 is 10.2 Å². The number of hydrogen-bond acceptors (Lipinski definition) is 2. The first kappa shape index (κ1) is 11.0. The number of likely N-dealkylation sites (tertiary alicyclic amines) is 1. The van der Waals surface area contributed by atoms with Gasteiger partial charge in [-0.05, 0) is 57.5 Å². The summed E-state index contributed by atoms with van der Waals surface area (Å²) in [6.45, 7) is 4.03. The van der Waals surface area contributed by atoms with Crippen molar-refractivity contribution < 1.29 is 0 Å². The van der Waals surface area contributed by atoms with Crippen LogP contribution in [0.2, 0.25) is 0 Å². The van der Waals surface area contributed by atoms with E-state index in [-0.39, 0.29) is 0 Å². The summed E-state index contributed by atoms with van der Waals surface area (Å²) in [4.78, 5) is 2.67. The molecule has 0 aromatic rings. The van der Waals surface area contributed by atoms with Crippen molar-refractivity contribution in [1.29, 1.82) is 0 Å². The average molecular weight is 222 g/mol. The van der Waals surface area contributed by atoms with Crippen molar-refractivity contribution in [3.05, 3.63) is 0 Å². The molecule has 0 bridgehead atoms. The van der Waals surface area contributed by atoms with Gasteiger partial charge in [0.2, 0.25) is 0 Å². The maximum absolute atomic E-state index is 3.94. The van der Waals surface area contributed by atoms with E-state index in [2.05, 4.69) is 10.2 Å². The molecule has 0 radical (unpaired) electrons. The second-order valence-electron chi connectivity index (χ2n) is 6.10. The fraction of sp³-hybridized carbons (Fsp3) is 1.00. The lowest BCUT2D eigenvalue weighted by molar-refractivity contribution is 0.152. The van der Waals surface area contributed by atoms with Crippen LogP contribution in [-0.2, 0) is 0 Å². The van der Waals surface area contributed by atoms with Crippen LogP contribution in [0.5, 0.6) is 0 Å². The second kappa shape index (κ2) is 5.05. The van der Waals surface area contributed by atoms with E-state index in [4.69, 9.17) is 0 Å². The zero-order valence-corrected chi connectivity index (χ0v) is 10.5. The SMILES string of the molecule is C1CCC2NC(CN3CCCC3)CCC2C1. The minimum Gasteiger partial charge on any atom is -0.310 e. The summed E-state index contributed by atoms with van der Waals surface area (Å²) in [5.41, 5.74) is 0. The Kier molecular flexibility index (Phi) is 3.49. The van der Waals surface area contributed by atoms with E-state index in [0.717, 1.165) is 18.0 Å². The number of hydrogen-bond donors (Lipinski definition) is 1. The van der Waals surface area contributed by atoms with Crippen LogP contribution in [0.25, 0.3) is 0 Å². The van der Waals surface area contributed by atoms with Gasteiger partial charge in [0.05, 0.1) is 0 Å². The molecule has 1 N–H and O–H groups in total. The standard InChI is InChI=1S/C14H26N2/c1-2-6-14-12(5-1)7-8-13(15-14)11-16-9-3-4-10-16/h12-15H,1-11H2. The topological polar surface area (TPSA) is 15.3 Å². The third-order valence-corrected chi connectivity index (χ3v) is 4.92. The molecule has 0 spiro atoms. The molecule has 2 aliphatic heterocycles. The molecule has 3 rings (SSSR count). The molecule has 3 unspecified atom stereocenters. The first-order chi connectivity index (χ1) is 7.92. The van der Waals surface area contributed by atoms with Crippen molar-refractivity contribution in [3.8, 4) is 0 Å². The molecule has 0 aromatic carbocycles. The van der Waals surface area contributed by atoms with Crippen LogP contribution in [-0.4, -0.2) is 36.6 Å². The summed E-state index contributed by atoms with van der Waals surface area (Å²) >= 11 is 0. The predicted octanol–water partition coefficient (Wildman–Crippen LogP) is 2.39. The van der Waals surface area contributed by atoms with Gasteiger partial charge in [-0.15, -0.1) is 0 Å². The van der Waals surface area contributed by atoms with Crippen molar-refractivity contribution in [1.82, 2.24) is 10.2 Å². The van der Waals surface area contributed by atoms with Crippen molar-refractivity contribution in [2.75, 3.05) is 19.6 Å². The Bertz CT molecular complexity index is 223. The molecule has 2 nitrogen and oxygen atoms in total. The lowest BCUT2D eigenvalue weighted by atomic mass is 9.78. The van der Waals surface area contributed by atoms with Crippen molar-refractivity contribution in [2.24, 2.45) is 5.92 Å². The molecule has 0 aromatic heterocycles. The van der Waals surface area contributed by atoms with E-state index >= 15 is 0 Å². The number of rotatable bonds is 2. The van der Waals surface area contributed by atoms with Crippen molar-refractivity contribution >= 4 is 0 Å². The highest BCUT2D eigenvalue weighted by Gasteiger charge is 2.32. The number of piperidine rings is 1. The minimum atomic E-state index is 0.803. The van der Waals surface area contributed by atoms with Crippen LogP contribution in [0.1, 0.15) is 51.4 Å². The Morgan fingerprint density at radius 2 is 1.69 bits per heavy atom. The molecule has 1 saturated carbocycles. The molecule has 2 heteroatoms. The molecule has 92 valence electrons. The van der Waals surface area contributed by atoms with Gasteiger partial charge in [-0.3, -0.25) is 0 Å². The van der Waals surface area contributed by atoms with E-state index in [1.165, 1.54) is 71.0 Å². The monoisotopic (exact) mass is 222 g/mol. The van der Waals surface area contributed by atoms with Crippen LogP contribution in [0.4, 0.5) is 0 Å². The molecule has 3 aliphatic rings. The summed E-state index contributed by atoms with van der Waals surface area (Å²) < 4.78 is 0. The third-order valence-electron chi connectivity index (χ3n) is 4.92. The van der Waals surface area contributed by atoms with Gasteiger partial charge in [-0.1, -0.05) is 12.8 Å². The van der Waals surface area contributed by atoms with Gasteiger partial charge in [-0.25, -0.2) is 0 Å². The lowest BCUT2D eigenvalue weighted by Gasteiger charge is -2.41. The number of fused-ring (bicyclic) bond motifs is 1. The molecule has 16 heavy (non-hydrogen) atoms. The van der Waals surface area contributed by atoms with E-state index in [1.807, 2.05) is 0 Å². The second-order valence-corrected chi connectivity index (χ2v) is 6.10. The zero-order valence-electron chi connectivity index (χ0n) is 10.5. The Balaban J connectivity index is 1.50. The molecule has 0 amide bonds. The highest BCUT2D eigenvalue weighted by Crippen LogP contribution is 2.32. The summed E-state index contributed by atoms with van der Waals surface area (Å²) in [6, 6.07) is 1.67. The molecule has 2 heterocycles. The fourth-order valence-electron chi connectivity index (χ4n) is 3.99. The van der Waals surface area contributed by atoms with Crippen LogP contribution in [0.15, 0.2) is 0 Å². The van der Waals surface area contributed by atoms with Gasteiger partial charge in [0, 0.05) is 18.6 Å². The maximum atomic E-state index is 3.94. The Morgan fingerprint density at radius 1 is 0.875 bits per heavy atom. The van der Waals surface area contributed by atoms with Crippen molar-refractivity contribution in [3.63, 3.8) is 0 Å². The molecule has 1 aliphatic carbocycles. The molecule has 2 saturated heterocycles. The fourth-order valence-corrected chi connectivity index (χ4v) is 3.99. The van der Waals surface area contributed by atoms with E-state index in [9.17, 15) is 0 Å². The maximum Gasteiger partial charge on any atom is 0.0197 e. The Hall–Kier alpha value is -0.0800. The summed E-state index contributed by atoms with van der Waals surface area (Å²) in [5.74, 6) is 1.02. The van der Waals surface area contributed by atoms with Crippen molar-refractivity contribution in [2.45, 2.75) is 63.5 Å². The van der Waals surface area contributed by atoms with E-state index in [1.54, 1.807) is 0 Å². The van der Waals surface area contributed by atoms with Crippen LogP contribution < -0.4 is 5.32 Å². The Morgan fingerprint density at radius 3 is 2.56 bits per heavy atom. The normalized spacial score (nSPS) is 40.9. The van der Waals surface area contributed by atoms with Gasteiger partial charge in [-0.2, -0.15) is 0 Å². The average Bonchev–Trinajstić information content (AvgIpc) is 2.82. The summed E-state index contributed by atoms with van der Waals surface area (Å²) in [7, 11) is 0. The largest absolute Gasteiger partial charge is 0.310 e.